The molecule has 0 aliphatic carbocycles. The summed E-state index contributed by atoms with van der Waals surface area (Å²) in [4.78, 5) is 15.1. The lowest BCUT2D eigenvalue weighted by Crippen LogP contribution is -2.23. The van der Waals surface area contributed by atoms with Crippen LogP contribution in [0.15, 0.2) is 35.1 Å². The van der Waals surface area contributed by atoms with E-state index >= 15 is 0 Å². The van der Waals surface area contributed by atoms with Crippen LogP contribution in [0.25, 0.3) is 11.3 Å². The fourth-order valence-corrected chi connectivity index (χ4v) is 2.25. The van der Waals surface area contributed by atoms with Gasteiger partial charge in [-0.2, -0.15) is 0 Å². The van der Waals surface area contributed by atoms with Gasteiger partial charge in [-0.15, -0.1) is 0 Å². The molecule has 1 aromatic heterocycles. The number of benzene rings is 1. The molecule has 5 heteroatoms. The smallest absolute Gasteiger partial charge is 0.252 e. The molecule has 22 heavy (non-hydrogen) atoms. The van der Waals surface area contributed by atoms with Gasteiger partial charge < -0.3 is 19.8 Å². The molecule has 1 aromatic carbocycles. The molecule has 0 fully saturated rings. The Balaban J connectivity index is 2.15. The third-order valence-corrected chi connectivity index (χ3v) is 3.50. The van der Waals surface area contributed by atoms with Crippen molar-refractivity contribution in [3.05, 3.63) is 51.8 Å². The second-order valence-corrected chi connectivity index (χ2v) is 5.08. The van der Waals surface area contributed by atoms with Gasteiger partial charge in [-0.25, -0.2) is 0 Å². The summed E-state index contributed by atoms with van der Waals surface area (Å²) in [6, 6.07) is 9.63. The van der Waals surface area contributed by atoms with Gasteiger partial charge >= 0.3 is 0 Å². The minimum Gasteiger partial charge on any atom is -0.496 e. The predicted octanol–water partition coefficient (Wildman–Crippen LogP) is 2.09. The number of aromatic amines is 1. The van der Waals surface area contributed by atoms with Gasteiger partial charge in [-0.3, -0.25) is 4.79 Å². The van der Waals surface area contributed by atoms with Gasteiger partial charge in [0.2, 0.25) is 0 Å². The zero-order valence-electron chi connectivity index (χ0n) is 13.2. The van der Waals surface area contributed by atoms with Crippen molar-refractivity contribution in [2.75, 3.05) is 27.4 Å². The van der Waals surface area contributed by atoms with E-state index in [4.69, 9.17) is 9.47 Å². The Morgan fingerprint density at radius 2 is 2.00 bits per heavy atom. The maximum absolute atomic E-state index is 12.1. The van der Waals surface area contributed by atoms with E-state index in [1.165, 1.54) is 0 Å². The van der Waals surface area contributed by atoms with E-state index in [2.05, 4.69) is 10.3 Å². The number of hydrogen-bond donors (Lipinski definition) is 2. The Labute approximate surface area is 130 Å². The van der Waals surface area contributed by atoms with E-state index in [-0.39, 0.29) is 5.56 Å². The summed E-state index contributed by atoms with van der Waals surface area (Å²) in [6.45, 7) is 3.85. The molecule has 118 valence electrons. The minimum absolute atomic E-state index is 0.0733. The van der Waals surface area contributed by atoms with Crippen molar-refractivity contribution in [1.29, 1.82) is 0 Å². The van der Waals surface area contributed by atoms with Crippen LogP contribution in [0, 0.1) is 6.92 Å². The lowest BCUT2D eigenvalue weighted by atomic mass is 10.1. The summed E-state index contributed by atoms with van der Waals surface area (Å²) in [6.07, 6.45) is 0. The fourth-order valence-electron chi connectivity index (χ4n) is 2.25. The number of ether oxygens (including phenoxy) is 2. The van der Waals surface area contributed by atoms with Crippen LogP contribution in [0.1, 0.15) is 11.1 Å². The Kier molecular flexibility index (Phi) is 5.75. The maximum atomic E-state index is 12.1. The van der Waals surface area contributed by atoms with Crippen LogP contribution in [0.5, 0.6) is 5.75 Å². The van der Waals surface area contributed by atoms with E-state index in [1.807, 2.05) is 37.3 Å². The first-order valence-electron chi connectivity index (χ1n) is 7.22. The molecular weight excluding hydrogens is 280 g/mol. The third kappa shape index (κ3) is 3.96. The van der Waals surface area contributed by atoms with E-state index < -0.39 is 0 Å². The molecule has 0 aliphatic heterocycles. The molecule has 2 aromatic rings. The summed E-state index contributed by atoms with van der Waals surface area (Å²) < 4.78 is 10.2. The van der Waals surface area contributed by atoms with Crippen LogP contribution in [-0.2, 0) is 11.3 Å². The van der Waals surface area contributed by atoms with E-state index in [0.717, 1.165) is 29.1 Å². The van der Waals surface area contributed by atoms with E-state index in [9.17, 15) is 4.79 Å². The number of hydrogen-bond acceptors (Lipinski definition) is 4. The molecule has 0 atom stereocenters. The Bertz CT molecular complexity index is 680. The highest BCUT2D eigenvalue weighted by molar-refractivity contribution is 5.62. The van der Waals surface area contributed by atoms with Crippen LogP contribution in [0.2, 0.25) is 0 Å². The van der Waals surface area contributed by atoms with Crippen LogP contribution >= 0.6 is 0 Å². The van der Waals surface area contributed by atoms with E-state index in [1.54, 1.807) is 14.2 Å². The molecule has 0 aliphatic rings. The Hall–Kier alpha value is -2.11. The molecule has 2 rings (SSSR count). The number of aryl methyl sites for hydroxylation is 1. The van der Waals surface area contributed by atoms with Crippen molar-refractivity contribution in [2.45, 2.75) is 13.5 Å². The highest BCUT2D eigenvalue weighted by atomic mass is 16.5. The molecule has 0 bridgehead atoms. The van der Waals surface area contributed by atoms with Crippen molar-refractivity contribution in [3.63, 3.8) is 0 Å². The van der Waals surface area contributed by atoms with Crippen molar-refractivity contribution in [2.24, 2.45) is 0 Å². The summed E-state index contributed by atoms with van der Waals surface area (Å²) in [5, 5.41) is 3.17. The molecule has 1 heterocycles. The second-order valence-electron chi connectivity index (χ2n) is 5.08. The summed E-state index contributed by atoms with van der Waals surface area (Å²) >= 11 is 0. The molecule has 2 N–H and O–H groups in total. The summed E-state index contributed by atoms with van der Waals surface area (Å²) in [5.41, 5.74) is 3.44. The molecule has 0 amide bonds. The molecule has 0 saturated carbocycles. The first kappa shape index (κ1) is 16.3. The molecule has 0 spiro atoms. The van der Waals surface area contributed by atoms with Crippen LogP contribution in [0.4, 0.5) is 0 Å². The first-order chi connectivity index (χ1) is 10.7. The lowest BCUT2D eigenvalue weighted by Gasteiger charge is -2.09. The topological polar surface area (TPSA) is 63.4 Å². The van der Waals surface area contributed by atoms with Crippen LogP contribution in [-0.4, -0.2) is 32.4 Å². The number of nitrogens with one attached hydrogen (secondary N) is 2. The minimum atomic E-state index is -0.0733. The van der Waals surface area contributed by atoms with Gasteiger partial charge in [0.1, 0.15) is 5.75 Å². The molecule has 0 unspecified atom stereocenters. The van der Waals surface area contributed by atoms with Crippen molar-refractivity contribution in [1.82, 2.24) is 10.3 Å². The molecule has 0 radical (unpaired) electrons. The quantitative estimate of drug-likeness (QED) is 0.769. The lowest BCUT2D eigenvalue weighted by molar-refractivity contribution is 0.199. The average Bonchev–Trinajstić information content (AvgIpc) is 2.52. The number of aromatic nitrogens is 1. The van der Waals surface area contributed by atoms with Crippen LogP contribution in [0.3, 0.4) is 0 Å². The number of methoxy groups -OCH3 is 2. The number of H-pyrrole nitrogens is 1. The summed E-state index contributed by atoms with van der Waals surface area (Å²) in [7, 11) is 3.30. The Morgan fingerprint density at radius 1 is 1.18 bits per heavy atom. The fraction of sp³-hybridized carbons (Fsp3) is 0.353. The second kappa shape index (κ2) is 7.77. The normalized spacial score (nSPS) is 10.7. The van der Waals surface area contributed by atoms with Crippen molar-refractivity contribution in [3.8, 4) is 17.0 Å². The van der Waals surface area contributed by atoms with Gasteiger partial charge in [0, 0.05) is 31.5 Å². The third-order valence-electron chi connectivity index (χ3n) is 3.50. The molecular formula is C17H22N2O3. The van der Waals surface area contributed by atoms with Gasteiger partial charge in [-0.1, -0.05) is 6.07 Å². The zero-order chi connectivity index (χ0) is 15.9. The number of rotatable bonds is 7. The SMILES string of the molecule is COCCNCc1ccc(-c2ccc(OC)c(C)c2)[nH]c1=O. The Morgan fingerprint density at radius 3 is 2.64 bits per heavy atom. The highest BCUT2D eigenvalue weighted by Gasteiger charge is 2.05. The average molecular weight is 302 g/mol. The predicted molar refractivity (Wildman–Crippen MR) is 87.4 cm³/mol. The maximum Gasteiger partial charge on any atom is 0.252 e. The number of pyridine rings is 1. The van der Waals surface area contributed by atoms with Gasteiger partial charge in [0.25, 0.3) is 5.56 Å². The highest BCUT2D eigenvalue weighted by Crippen LogP contribution is 2.24. The van der Waals surface area contributed by atoms with Gasteiger partial charge in [-0.05, 0) is 42.3 Å². The first-order valence-corrected chi connectivity index (χ1v) is 7.22. The van der Waals surface area contributed by atoms with Crippen LogP contribution < -0.4 is 15.6 Å². The van der Waals surface area contributed by atoms with E-state index in [0.29, 0.717) is 18.7 Å². The zero-order valence-corrected chi connectivity index (χ0v) is 13.2. The molecule has 5 nitrogen and oxygen atoms in total. The van der Waals surface area contributed by atoms with Crippen molar-refractivity contribution < 1.29 is 9.47 Å². The van der Waals surface area contributed by atoms with Gasteiger partial charge in [0.15, 0.2) is 0 Å². The largest absolute Gasteiger partial charge is 0.496 e. The molecule has 0 saturated heterocycles. The standard InChI is InChI=1S/C17H22N2O3/c1-12-10-13(5-7-16(12)22-3)15-6-4-14(17(20)19-15)11-18-8-9-21-2/h4-7,10,18H,8-9,11H2,1-3H3,(H,19,20). The monoisotopic (exact) mass is 302 g/mol. The summed E-state index contributed by atoms with van der Waals surface area (Å²) in [5.74, 6) is 0.838. The van der Waals surface area contributed by atoms with Crippen molar-refractivity contribution >= 4 is 0 Å². The van der Waals surface area contributed by atoms with Gasteiger partial charge in [0.05, 0.1) is 13.7 Å².